The number of ether oxygens (including phenoxy) is 1. The summed E-state index contributed by atoms with van der Waals surface area (Å²) in [5.74, 6) is -0.730. The number of hydrogen-bond donors (Lipinski definition) is 1. The number of aromatic carboxylic acids is 1. The van der Waals surface area contributed by atoms with Crippen molar-refractivity contribution in [3.05, 3.63) is 29.6 Å². The summed E-state index contributed by atoms with van der Waals surface area (Å²) in [6.45, 7) is 2.20. The van der Waals surface area contributed by atoms with Gasteiger partial charge in [-0.25, -0.2) is 9.18 Å². The molecular formula is C14H17FO3. The van der Waals surface area contributed by atoms with Crippen molar-refractivity contribution >= 4 is 5.97 Å². The van der Waals surface area contributed by atoms with Gasteiger partial charge in [0.25, 0.3) is 0 Å². The maximum atomic E-state index is 13.2. The van der Waals surface area contributed by atoms with Gasteiger partial charge in [-0.1, -0.05) is 6.92 Å². The van der Waals surface area contributed by atoms with Crippen molar-refractivity contribution < 1.29 is 19.0 Å². The summed E-state index contributed by atoms with van der Waals surface area (Å²) in [5.41, 5.74) is 0.0232. The number of halogens is 1. The summed E-state index contributed by atoms with van der Waals surface area (Å²) in [6, 6.07) is 3.54. The van der Waals surface area contributed by atoms with E-state index >= 15 is 0 Å². The van der Waals surface area contributed by atoms with Gasteiger partial charge in [-0.15, -0.1) is 0 Å². The standard InChI is InChI=1S/C14H17FO3/c1-9-2-5-11(6-3-9)18-13-8-10(15)4-7-12(13)14(16)17/h4,7-9,11H,2-3,5-6H2,1H3,(H,16,17). The molecule has 98 valence electrons. The summed E-state index contributed by atoms with van der Waals surface area (Å²) >= 11 is 0. The highest BCUT2D eigenvalue weighted by Gasteiger charge is 2.22. The molecule has 1 aliphatic rings. The Morgan fingerprint density at radius 2 is 2.00 bits per heavy atom. The smallest absolute Gasteiger partial charge is 0.339 e. The normalized spacial score (nSPS) is 23.7. The fraction of sp³-hybridized carbons (Fsp3) is 0.500. The van der Waals surface area contributed by atoms with Gasteiger partial charge in [-0.05, 0) is 43.7 Å². The van der Waals surface area contributed by atoms with Gasteiger partial charge in [0.05, 0.1) is 6.10 Å². The lowest BCUT2D eigenvalue weighted by molar-refractivity contribution is 0.0684. The zero-order chi connectivity index (χ0) is 13.1. The summed E-state index contributed by atoms with van der Waals surface area (Å²) < 4.78 is 18.8. The van der Waals surface area contributed by atoms with E-state index in [2.05, 4.69) is 6.92 Å². The van der Waals surface area contributed by atoms with E-state index in [1.165, 1.54) is 6.07 Å². The van der Waals surface area contributed by atoms with Crippen molar-refractivity contribution in [2.75, 3.05) is 0 Å². The van der Waals surface area contributed by atoms with Crippen LogP contribution in [0.3, 0.4) is 0 Å². The average Bonchev–Trinajstić information content (AvgIpc) is 2.32. The van der Waals surface area contributed by atoms with Gasteiger partial charge in [0.15, 0.2) is 0 Å². The quantitative estimate of drug-likeness (QED) is 0.895. The molecule has 0 aliphatic heterocycles. The molecule has 18 heavy (non-hydrogen) atoms. The van der Waals surface area contributed by atoms with Gasteiger partial charge < -0.3 is 9.84 Å². The lowest BCUT2D eigenvalue weighted by atomic mass is 9.89. The zero-order valence-electron chi connectivity index (χ0n) is 10.4. The average molecular weight is 252 g/mol. The lowest BCUT2D eigenvalue weighted by Gasteiger charge is -2.27. The van der Waals surface area contributed by atoms with Crippen LogP contribution in [0.15, 0.2) is 18.2 Å². The molecule has 1 aliphatic carbocycles. The minimum Gasteiger partial charge on any atom is -0.489 e. The van der Waals surface area contributed by atoms with E-state index in [1.807, 2.05) is 0 Å². The molecule has 1 aromatic rings. The number of hydrogen-bond acceptors (Lipinski definition) is 2. The molecule has 1 saturated carbocycles. The van der Waals surface area contributed by atoms with E-state index in [4.69, 9.17) is 9.84 Å². The molecule has 0 radical (unpaired) electrons. The van der Waals surface area contributed by atoms with Crippen LogP contribution in [0.1, 0.15) is 43.0 Å². The predicted octanol–water partition coefficient (Wildman–Crippen LogP) is 3.48. The third-order valence-electron chi connectivity index (χ3n) is 3.43. The first kappa shape index (κ1) is 12.9. The maximum absolute atomic E-state index is 13.2. The van der Waals surface area contributed by atoms with Gasteiger partial charge in [0, 0.05) is 6.07 Å². The van der Waals surface area contributed by atoms with Crippen LogP contribution < -0.4 is 4.74 Å². The highest BCUT2D eigenvalue weighted by atomic mass is 19.1. The largest absolute Gasteiger partial charge is 0.489 e. The van der Waals surface area contributed by atoms with E-state index in [0.29, 0.717) is 5.92 Å². The molecule has 0 amide bonds. The molecule has 0 bridgehead atoms. The Morgan fingerprint density at radius 1 is 1.33 bits per heavy atom. The van der Waals surface area contributed by atoms with Crippen molar-refractivity contribution in [1.29, 1.82) is 0 Å². The van der Waals surface area contributed by atoms with Crippen molar-refractivity contribution in [3.8, 4) is 5.75 Å². The minimum absolute atomic E-state index is 0.00102. The molecule has 0 unspecified atom stereocenters. The topological polar surface area (TPSA) is 46.5 Å². The number of carbonyl (C=O) groups is 1. The number of rotatable bonds is 3. The Labute approximate surface area is 106 Å². The Kier molecular flexibility index (Phi) is 3.84. The maximum Gasteiger partial charge on any atom is 0.339 e. The fourth-order valence-corrected chi connectivity index (χ4v) is 2.30. The van der Waals surface area contributed by atoms with E-state index < -0.39 is 11.8 Å². The van der Waals surface area contributed by atoms with Crippen LogP contribution in [0.4, 0.5) is 4.39 Å². The first-order chi connectivity index (χ1) is 8.56. The van der Waals surface area contributed by atoms with Crippen LogP contribution in [0, 0.1) is 11.7 Å². The molecule has 1 fully saturated rings. The van der Waals surface area contributed by atoms with Gasteiger partial charge in [-0.3, -0.25) is 0 Å². The molecule has 0 atom stereocenters. The number of benzene rings is 1. The molecule has 0 heterocycles. The second-order valence-corrected chi connectivity index (χ2v) is 4.95. The van der Waals surface area contributed by atoms with Gasteiger partial charge in [0.1, 0.15) is 17.1 Å². The van der Waals surface area contributed by atoms with Crippen LogP contribution in [0.2, 0.25) is 0 Å². The molecule has 0 aromatic heterocycles. The Morgan fingerprint density at radius 3 is 2.61 bits per heavy atom. The SMILES string of the molecule is CC1CCC(Oc2cc(F)ccc2C(=O)O)CC1. The molecule has 1 aromatic carbocycles. The minimum atomic E-state index is -1.09. The second kappa shape index (κ2) is 5.38. The molecular weight excluding hydrogens is 235 g/mol. The van der Waals surface area contributed by atoms with Crippen molar-refractivity contribution in [3.63, 3.8) is 0 Å². The van der Waals surface area contributed by atoms with Crippen LogP contribution in [-0.2, 0) is 0 Å². The van der Waals surface area contributed by atoms with Crippen LogP contribution in [0.25, 0.3) is 0 Å². The Balaban J connectivity index is 2.12. The summed E-state index contributed by atoms with van der Waals surface area (Å²) in [4.78, 5) is 11.0. The van der Waals surface area contributed by atoms with Crippen LogP contribution >= 0.6 is 0 Å². The van der Waals surface area contributed by atoms with E-state index in [9.17, 15) is 9.18 Å². The molecule has 4 heteroatoms. The van der Waals surface area contributed by atoms with Crippen LogP contribution in [0.5, 0.6) is 5.75 Å². The fourth-order valence-electron chi connectivity index (χ4n) is 2.30. The van der Waals surface area contributed by atoms with Crippen LogP contribution in [-0.4, -0.2) is 17.2 Å². The molecule has 1 N–H and O–H groups in total. The summed E-state index contributed by atoms with van der Waals surface area (Å²) in [6.07, 6.45) is 3.94. The molecule has 2 rings (SSSR count). The van der Waals surface area contributed by atoms with E-state index in [-0.39, 0.29) is 17.4 Å². The molecule has 3 nitrogen and oxygen atoms in total. The van der Waals surface area contributed by atoms with Crippen molar-refractivity contribution in [2.45, 2.75) is 38.7 Å². The lowest BCUT2D eigenvalue weighted by Crippen LogP contribution is -2.24. The Hall–Kier alpha value is -1.58. The van der Waals surface area contributed by atoms with Gasteiger partial charge in [-0.2, -0.15) is 0 Å². The third-order valence-corrected chi connectivity index (χ3v) is 3.43. The van der Waals surface area contributed by atoms with E-state index in [1.54, 1.807) is 0 Å². The van der Waals surface area contributed by atoms with Gasteiger partial charge in [0.2, 0.25) is 0 Å². The summed E-state index contributed by atoms with van der Waals surface area (Å²) in [5, 5.41) is 9.03. The first-order valence-corrected chi connectivity index (χ1v) is 6.25. The Bertz CT molecular complexity index is 437. The second-order valence-electron chi connectivity index (χ2n) is 4.95. The number of carboxylic acids is 1. The number of carboxylic acid groups (broad SMARTS) is 1. The monoisotopic (exact) mass is 252 g/mol. The predicted molar refractivity (Wildman–Crippen MR) is 65.4 cm³/mol. The van der Waals surface area contributed by atoms with Crippen molar-refractivity contribution in [1.82, 2.24) is 0 Å². The summed E-state index contributed by atoms with van der Waals surface area (Å²) in [7, 11) is 0. The zero-order valence-corrected chi connectivity index (χ0v) is 10.4. The van der Waals surface area contributed by atoms with E-state index in [0.717, 1.165) is 37.8 Å². The first-order valence-electron chi connectivity index (χ1n) is 6.25. The third kappa shape index (κ3) is 3.00. The molecule has 0 saturated heterocycles. The van der Waals surface area contributed by atoms with Gasteiger partial charge >= 0.3 is 5.97 Å². The highest BCUT2D eigenvalue weighted by molar-refractivity contribution is 5.90. The highest BCUT2D eigenvalue weighted by Crippen LogP contribution is 2.29. The van der Waals surface area contributed by atoms with Crippen molar-refractivity contribution in [2.24, 2.45) is 5.92 Å². The molecule has 0 spiro atoms.